The minimum Gasteiger partial charge on any atom is -0.508 e. The first-order valence-corrected chi connectivity index (χ1v) is 34.3. The van der Waals surface area contributed by atoms with Crippen molar-refractivity contribution in [3.05, 3.63) is 292 Å². The van der Waals surface area contributed by atoms with E-state index in [-0.39, 0.29) is 57.7 Å². The second-order valence-electron chi connectivity index (χ2n) is 29.3. The highest BCUT2D eigenvalue weighted by Gasteiger charge is 2.30. The van der Waals surface area contributed by atoms with Crippen molar-refractivity contribution in [3.8, 4) is 51.7 Å². The zero-order chi connectivity index (χ0) is 71.7. The van der Waals surface area contributed by atoms with E-state index in [1.54, 1.807) is 36.4 Å². The molecule has 0 fully saturated rings. The van der Waals surface area contributed by atoms with Crippen molar-refractivity contribution in [2.45, 2.75) is 195 Å². The van der Waals surface area contributed by atoms with Gasteiger partial charge in [-0.15, -0.1) is 0 Å². The van der Waals surface area contributed by atoms with E-state index in [2.05, 4.69) is 74.5 Å². The molecule has 0 saturated heterocycles. The quantitative estimate of drug-likeness (QED) is 0.0404. The van der Waals surface area contributed by atoms with E-state index in [4.69, 9.17) is 0 Å². The Morgan fingerprint density at radius 2 is 0.480 bits per heavy atom. The van der Waals surface area contributed by atoms with Gasteiger partial charge < -0.3 is 46.0 Å². The van der Waals surface area contributed by atoms with Crippen LogP contribution >= 0.6 is 0 Å². The largest absolute Gasteiger partial charge is 0.508 e. The lowest BCUT2D eigenvalue weighted by Gasteiger charge is -2.29. The lowest BCUT2D eigenvalue weighted by Crippen LogP contribution is -2.20. The number of benzene rings is 10. The summed E-state index contributed by atoms with van der Waals surface area (Å²) < 4.78 is 0. The van der Waals surface area contributed by atoms with Crippen molar-refractivity contribution in [2.75, 3.05) is 0 Å². The molecule has 10 aromatic carbocycles. The summed E-state index contributed by atoms with van der Waals surface area (Å²) >= 11 is 0. The van der Waals surface area contributed by atoms with Gasteiger partial charge in [-0.25, -0.2) is 0 Å². The molecule has 10 aromatic rings. The molecule has 0 aliphatic carbocycles. The van der Waals surface area contributed by atoms with Crippen LogP contribution in [-0.4, -0.2) is 46.0 Å². The van der Waals surface area contributed by atoms with Crippen molar-refractivity contribution < 1.29 is 46.0 Å². The topological polar surface area (TPSA) is 182 Å². The lowest BCUT2D eigenvalue weighted by molar-refractivity contribution is 0.461. The standard InChI is InChI=1S/C89H100O9/c1-44-25-80(90)56(13)50(7)73(44)38-65-31-62(32-66(86(65)96)39-74-45(2)26-81(91)57(14)51(74)8)33-79(64-34-67(40-75-46(3)27-82(92)58(15)52(75)9)87(97)68(35-64)41-76-47(4)28-83(93)59(16)53(76)10)63-21-23-71(24-22-63)89(19,20)72-36-69(42-77-48(5)29-84(94)60(17)54(77)11)88(98)70(37-72)43-78-49(6)30-85(95)61(18)55(78)12/h21-32,34-37,79,90-98H,33,38-43H2,1-20H3. The van der Waals surface area contributed by atoms with Crippen LogP contribution in [0, 0.1) is 125 Å². The first kappa shape index (κ1) is 71.2. The summed E-state index contributed by atoms with van der Waals surface area (Å²) in [5.41, 5.74) is 31.1. The van der Waals surface area contributed by atoms with Crippen molar-refractivity contribution in [2.24, 2.45) is 0 Å². The highest BCUT2D eigenvalue weighted by atomic mass is 16.3. The monoisotopic (exact) mass is 1310 g/mol. The van der Waals surface area contributed by atoms with Gasteiger partial charge in [0, 0.05) is 49.9 Å². The van der Waals surface area contributed by atoms with E-state index in [1.165, 1.54) is 0 Å². The van der Waals surface area contributed by atoms with Crippen LogP contribution in [0.5, 0.6) is 51.7 Å². The van der Waals surface area contributed by atoms with Gasteiger partial charge in [0.15, 0.2) is 0 Å². The molecule has 0 bridgehead atoms. The second-order valence-corrected chi connectivity index (χ2v) is 29.3. The molecule has 98 heavy (non-hydrogen) atoms. The van der Waals surface area contributed by atoms with E-state index in [1.807, 2.05) is 125 Å². The molecule has 0 aliphatic rings. The summed E-state index contributed by atoms with van der Waals surface area (Å²) in [5.74, 6) is 1.63. The summed E-state index contributed by atoms with van der Waals surface area (Å²) in [6.07, 6.45) is 2.90. The first-order chi connectivity index (χ1) is 46.0. The van der Waals surface area contributed by atoms with E-state index in [0.717, 1.165) is 195 Å². The smallest absolute Gasteiger partial charge is 0.122 e. The average molecular weight is 1310 g/mol. The summed E-state index contributed by atoms with van der Waals surface area (Å²) in [6.45, 7) is 40.2. The van der Waals surface area contributed by atoms with E-state index in [0.29, 0.717) is 44.9 Å². The Hall–Kier alpha value is -9.60. The maximum Gasteiger partial charge on any atom is 0.122 e. The van der Waals surface area contributed by atoms with Crippen molar-refractivity contribution >= 4 is 0 Å². The highest BCUT2D eigenvalue weighted by Crippen LogP contribution is 2.45. The van der Waals surface area contributed by atoms with Gasteiger partial charge in [0.25, 0.3) is 0 Å². The minimum absolute atomic E-state index is 0.182. The molecule has 0 aliphatic heterocycles. The van der Waals surface area contributed by atoms with Gasteiger partial charge in [-0.05, 0) is 362 Å². The van der Waals surface area contributed by atoms with Crippen LogP contribution in [0.2, 0.25) is 0 Å². The molecule has 10 rings (SSSR count). The van der Waals surface area contributed by atoms with Gasteiger partial charge in [-0.3, -0.25) is 0 Å². The summed E-state index contributed by atoms with van der Waals surface area (Å²) in [6, 6.07) is 32.6. The predicted molar refractivity (Wildman–Crippen MR) is 399 cm³/mol. The highest BCUT2D eigenvalue weighted by molar-refractivity contribution is 5.62. The number of hydrogen-bond donors (Lipinski definition) is 9. The number of aromatic hydroxyl groups is 9. The predicted octanol–water partition coefficient (Wildman–Crippen LogP) is 19.8. The van der Waals surface area contributed by atoms with E-state index in [9.17, 15) is 46.0 Å². The fourth-order valence-electron chi connectivity index (χ4n) is 15.3. The average Bonchev–Trinajstić information content (AvgIpc) is 0.777. The minimum atomic E-state index is -0.629. The molecule has 0 radical (unpaired) electrons. The molecule has 9 N–H and O–H groups in total. The van der Waals surface area contributed by atoms with Gasteiger partial charge >= 0.3 is 0 Å². The molecule has 9 heteroatoms. The van der Waals surface area contributed by atoms with Gasteiger partial charge in [-0.2, -0.15) is 0 Å². The zero-order valence-electron chi connectivity index (χ0n) is 61.3. The van der Waals surface area contributed by atoms with Crippen molar-refractivity contribution in [1.29, 1.82) is 0 Å². The van der Waals surface area contributed by atoms with Crippen LogP contribution in [0.4, 0.5) is 0 Å². The molecule has 0 saturated carbocycles. The van der Waals surface area contributed by atoms with Gasteiger partial charge in [0.1, 0.15) is 51.7 Å². The Morgan fingerprint density at radius 3 is 0.724 bits per heavy atom. The Kier molecular flexibility index (Phi) is 19.9. The second kappa shape index (κ2) is 27.4. The maximum absolute atomic E-state index is 12.9. The summed E-state index contributed by atoms with van der Waals surface area (Å²) in [4.78, 5) is 0. The molecule has 0 spiro atoms. The third kappa shape index (κ3) is 13.5. The number of aryl methyl sites for hydroxylation is 6. The Balaban J connectivity index is 1.20. The first-order valence-electron chi connectivity index (χ1n) is 34.3. The Labute approximate surface area is 581 Å². The molecular weight excluding hydrogens is 1210 g/mol. The van der Waals surface area contributed by atoms with Gasteiger partial charge in [0.2, 0.25) is 0 Å². The Bertz CT molecular complexity index is 4600. The zero-order valence-corrected chi connectivity index (χ0v) is 61.3. The number of hydrogen-bond acceptors (Lipinski definition) is 9. The van der Waals surface area contributed by atoms with Crippen LogP contribution in [0.1, 0.15) is 214 Å². The van der Waals surface area contributed by atoms with E-state index >= 15 is 0 Å². The Morgan fingerprint density at radius 1 is 0.255 bits per heavy atom. The van der Waals surface area contributed by atoms with Gasteiger partial charge in [0.05, 0.1) is 0 Å². The number of phenolic OH excluding ortho intramolecular Hbond substituents is 9. The van der Waals surface area contributed by atoms with E-state index < -0.39 is 5.41 Å². The van der Waals surface area contributed by atoms with Crippen molar-refractivity contribution in [3.63, 3.8) is 0 Å². The molecule has 0 amide bonds. The summed E-state index contributed by atoms with van der Waals surface area (Å²) in [5, 5.41) is 104. The van der Waals surface area contributed by atoms with Crippen LogP contribution < -0.4 is 0 Å². The molecular formula is C89H100O9. The number of rotatable bonds is 18. The summed E-state index contributed by atoms with van der Waals surface area (Å²) in [7, 11) is 0. The molecule has 0 aromatic heterocycles. The SMILES string of the molecule is Cc1cc(O)c(C)c(C)c1Cc1cc(CC(c2ccc(C(C)(C)c3cc(Cc4c(C)cc(O)c(C)c4C)c(O)c(Cc4c(C)cc(O)c(C)c4C)c3)cc2)c2cc(Cc3c(C)cc(O)c(C)c3C)c(O)c(Cc3c(C)cc(O)c(C)c3C)c2)cc(Cc2c(C)cc(O)c(C)c2C)c1O. The number of phenols is 9. The fraction of sp³-hybridized carbons (Fsp3) is 0.326. The molecule has 0 heterocycles. The third-order valence-electron chi connectivity index (χ3n) is 23.1. The molecule has 1 atom stereocenters. The molecule has 1 unspecified atom stereocenters. The fourth-order valence-corrected chi connectivity index (χ4v) is 15.3. The van der Waals surface area contributed by atoms with Crippen LogP contribution in [-0.2, 0) is 50.4 Å². The van der Waals surface area contributed by atoms with Crippen molar-refractivity contribution in [1.82, 2.24) is 0 Å². The van der Waals surface area contributed by atoms with Crippen LogP contribution in [0.25, 0.3) is 0 Å². The normalized spacial score (nSPS) is 12.1. The van der Waals surface area contributed by atoms with Gasteiger partial charge in [-0.1, -0.05) is 74.5 Å². The lowest BCUT2D eigenvalue weighted by atomic mass is 9.75. The molecule has 510 valence electrons. The van der Waals surface area contributed by atoms with Crippen LogP contribution in [0.3, 0.4) is 0 Å². The van der Waals surface area contributed by atoms with Crippen LogP contribution in [0.15, 0.2) is 97.1 Å². The maximum atomic E-state index is 12.9. The molecule has 9 nitrogen and oxygen atoms in total. The third-order valence-corrected chi connectivity index (χ3v) is 23.1.